The van der Waals surface area contributed by atoms with Gasteiger partial charge in [-0.05, 0) is 61.1 Å². The Morgan fingerprint density at radius 1 is 0.889 bits per heavy atom. The van der Waals surface area contributed by atoms with Crippen molar-refractivity contribution >= 4 is 37.4 Å². The van der Waals surface area contributed by atoms with E-state index in [1.54, 1.807) is 11.3 Å². The fourth-order valence-electron chi connectivity index (χ4n) is 5.16. The van der Waals surface area contributed by atoms with E-state index < -0.39 is 15.8 Å². The van der Waals surface area contributed by atoms with Gasteiger partial charge in [-0.3, -0.25) is 0 Å². The first kappa shape index (κ1) is 23.5. The molecule has 1 aliphatic heterocycles. The Kier molecular flexibility index (Phi) is 6.23. The molecule has 9 heteroatoms. The fraction of sp³-hybridized carbons (Fsp3) is 0.333. The Bertz CT molecular complexity index is 1500. The molecule has 1 aliphatic carbocycles. The first-order valence-electron chi connectivity index (χ1n) is 12.3. The number of anilines is 1. The van der Waals surface area contributed by atoms with Gasteiger partial charge in [-0.15, -0.1) is 11.3 Å². The van der Waals surface area contributed by atoms with E-state index in [2.05, 4.69) is 17.0 Å². The summed E-state index contributed by atoms with van der Waals surface area (Å²) in [6.07, 6.45) is 5.18. The van der Waals surface area contributed by atoms with Crippen molar-refractivity contribution in [3.8, 4) is 0 Å². The Labute approximate surface area is 214 Å². The molecular formula is C27H27FN4O2S2. The standard InChI is InChI=1S/C27H27FN4O2S2/c28-20-10-12-21(13-11-20)36(33,34)32-16-14-31(15-17-32)26-25-22-8-4-5-9-23(22)35-27(25)30-24(29-26)18-19-6-2-1-3-7-19/h1-3,6-7,10-13H,4-5,8-9,14-18H2. The van der Waals surface area contributed by atoms with E-state index in [1.807, 2.05) is 18.2 Å². The van der Waals surface area contributed by atoms with Crippen LogP contribution >= 0.6 is 11.3 Å². The number of nitrogens with zero attached hydrogens (tertiary/aromatic N) is 4. The monoisotopic (exact) mass is 522 g/mol. The minimum absolute atomic E-state index is 0.124. The maximum absolute atomic E-state index is 13.3. The molecule has 0 saturated carbocycles. The number of hydrogen-bond acceptors (Lipinski definition) is 6. The molecule has 1 saturated heterocycles. The minimum atomic E-state index is -3.67. The summed E-state index contributed by atoms with van der Waals surface area (Å²) < 4.78 is 41.1. The number of halogens is 1. The highest BCUT2D eigenvalue weighted by molar-refractivity contribution is 7.89. The second-order valence-corrected chi connectivity index (χ2v) is 12.4. The van der Waals surface area contributed by atoms with Crippen molar-refractivity contribution < 1.29 is 12.8 Å². The third-order valence-corrected chi connectivity index (χ3v) is 10.1. The number of rotatable bonds is 5. The first-order chi connectivity index (χ1) is 17.5. The molecule has 1 fully saturated rings. The van der Waals surface area contributed by atoms with Crippen molar-refractivity contribution in [2.75, 3.05) is 31.1 Å². The molecule has 6 nitrogen and oxygen atoms in total. The molecule has 0 spiro atoms. The van der Waals surface area contributed by atoms with Crippen molar-refractivity contribution in [3.63, 3.8) is 0 Å². The summed E-state index contributed by atoms with van der Waals surface area (Å²) in [5, 5.41) is 1.15. The fourth-order valence-corrected chi connectivity index (χ4v) is 7.86. The molecule has 36 heavy (non-hydrogen) atoms. The van der Waals surface area contributed by atoms with Crippen LogP contribution in [0.25, 0.3) is 10.2 Å². The van der Waals surface area contributed by atoms with Crippen molar-refractivity contribution in [2.45, 2.75) is 37.0 Å². The smallest absolute Gasteiger partial charge is 0.243 e. The number of fused-ring (bicyclic) bond motifs is 3. The second-order valence-electron chi connectivity index (χ2n) is 9.36. The van der Waals surface area contributed by atoms with Gasteiger partial charge in [0.25, 0.3) is 0 Å². The minimum Gasteiger partial charge on any atom is -0.353 e. The highest BCUT2D eigenvalue weighted by atomic mass is 32.2. The molecule has 0 atom stereocenters. The molecule has 6 rings (SSSR count). The lowest BCUT2D eigenvalue weighted by Crippen LogP contribution is -2.49. The van der Waals surface area contributed by atoms with Crippen molar-refractivity contribution in [2.24, 2.45) is 0 Å². The highest BCUT2D eigenvalue weighted by Gasteiger charge is 2.31. The summed E-state index contributed by atoms with van der Waals surface area (Å²) in [5.41, 5.74) is 2.54. The van der Waals surface area contributed by atoms with Gasteiger partial charge in [0.1, 0.15) is 22.3 Å². The van der Waals surface area contributed by atoms with Gasteiger partial charge >= 0.3 is 0 Å². The maximum atomic E-state index is 13.3. The number of hydrogen-bond donors (Lipinski definition) is 0. The van der Waals surface area contributed by atoms with Gasteiger partial charge in [0, 0.05) is 37.5 Å². The summed E-state index contributed by atoms with van der Waals surface area (Å²) in [5.74, 6) is 1.28. The van der Waals surface area contributed by atoms with Crippen molar-refractivity contribution in [1.82, 2.24) is 14.3 Å². The molecule has 3 heterocycles. The van der Waals surface area contributed by atoms with Gasteiger partial charge in [-0.1, -0.05) is 30.3 Å². The lowest BCUT2D eigenvalue weighted by Gasteiger charge is -2.35. The van der Waals surface area contributed by atoms with E-state index >= 15 is 0 Å². The molecule has 2 aromatic carbocycles. The highest BCUT2D eigenvalue weighted by Crippen LogP contribution is 2.40. The number of sulfonamides is 1. The van der Waals surface area contributed by atoms with Crippen LogP contribution in [0.4, 0.5) is 10.2 Å². The van der Waals surface area contributed by atoms with Gasteiger partial charge in [0.15, 0.2) is 0 Å². The zero-order chi connectivity index (χ0) is 24.7. The molecule has 2 aromatic heterocycles. The first-order valence-corrected chi connectivity index (χ1v) is 14.6. The lowest BCUT2D eigenvalue weighted by atomic mass is 9.97. The Hall–Kier alpha value is -2.88. The van der Waals surface area contributed by atoms with Crippen LogP contribution in [0, 0.1) is 5.82 Å². The normalized spacial score (nSPS) is 16.9. The maximum Gasteiger partial charge on any atom is 0.243 e. The molecule has 0 bridgehead atoms. The third kappa shape index (κ3) is 4.40. The van der Waals surface area contributed by atoms with Crippen LogP contribution in [0.1, 0.15) is 34.7 Å². The van der Waals surface area contributed by atoms with Gasteiger partial charge in [-0.25, -0.2) is 22.8 Å². The number of piperazine rings is 1. The Balaban J connectivity index is 1.32. The van der Waals surface area contributed by atoms with Crippen molar-refractivity contribution in [1.29, 1.82) is 0 Å². The molecule has 0 radical (unpaired) electrons. The van der Waals surface area contributed by atoms with E-state index in [9.17, 15) is 12.8 Å². The predicted octanol–water partition coefficient (Wildman–Crippen LogP) is 4.81. The van der Waals surface area contributed by atoms with Crippen LogP contribution in [0.5, 0.6) is 0 Å². The SMILES string of the molecule is O=S(=O)(c1ccc(F)cc1)N1CCN(c2nc(Cc3ccccc3)nc3sc4c(c23)CCCC4)CC1. The van der Waals surface area contributed by atoms with Crippen LogP contribution in [0.2, 0.25) is 0 Å². The van der Waals surface area contributed by atoms with Crippen LogP contribution in [-0.2, 0) is 29.3 Å². The summed E-state index contributed by atoms with van der Waals surface area (Å²) >= 11 is 1.79. The average Bonchev–Trinajstić information content (AvgIpc) is 3.28. The third-order valence-electron chi connectivity index (χ3n) is 7.04. The van der Waals surface area contributed by atoms with E-state index in [0.717, 1.165) is 34.7 Å². The largest absolute Gasteiger partial charge is 0.353 e. The zero-order valence-corrected chi connectivity index (χ0v) is 21.5. The summed E-state index contributed by atoms with van der Waals surface area (Å²) in [6, 6.07) is 15.3. The number of aromatic nitrogens is 2. The summed E-state index contributed by atoms with van der Waals surface area (Å²) in [6.45, 7) is 1.79. The van der Waals surface area contributed by atoms with Crippen LogP contribution in [0.15, 0.2) is 59.5 Å². The van der Waals surface area contributed by atoms with Crippen LogP contribution < -0.4 is 4.90 Å². The lowest BCUT2D eigenvalue weighted by molar-refractivity contribution is 0.384. The summed E-state index contributed by atoms with van der Waals surface area (Å²) in [7, 11) is -3.67. The van der Waals surface area contributed by atoms with E-state index in [4.69, 9.17) is 9.97 Å². The molecule has 0 unspecified atom stereocenters. The predicted molar refractivity (Wildman–Crippen MR) is 141 cm³/mol. The van der Waals surface area contributed by atoms with E-state index in [1.165, 1.54) is 57.4 Å². The van der Waals surface area contributed by atoms with Crippen molar-refractivity contribution in [3.05, 3.63) is 82.2 Å². The molecule has 4 aromatic rings. The number of thiophene rings is 1. The summed E-state index contributed by atoms with van der Waals surface area (Å²) in [4.78, 5) is 14.8. The Morgan fingerprint density at radius 2 is 1.61 bits per heavy atom. The van der Waals surface area contributed by atoms with Gasteiger partial charge < -0.3 is 4.90 Å². The Morgan fingerprint density at radius 3 is 2.36 bits per heavy atom. The molecule has 0 amide bonds. The van der Waals surface area contributed by atoms with E-state index in [0.29, 0.717) is 32.6 Å². The molecular weight excluding hydrogens is 495 g/mol. The van der Waals surface area contributed by atoms with Gasteiger partial charge in [0.2, 0.25) is 10.0 Å². The molecule has 0 N–H and O–H groups in total. The molecule has 2 aliphatic rings. The average molecular weight is 523 g/mol. The molecule has 186 valence electrons. The quantitative estimate of drug-likeness (QED) is 0.376. The van der Waals surface area contributed by atoms with Crippen LogP contribution in [-0.4, -0.2) is 48.9 Å². The van der Waals surface area contributed by atoms with Crippen LogP contribution in [0.3, 0.4) is 0 Å². The zero-order valence-electron chi connectivity index (χ0n) is 19.9. The number of benzene rings is 2. The van der Waals surface area contributed by atoms with Gasteiger partial charge in [0.05, 0.1) is 10.3 Å². The second kappa shape index (κ2) is 9.53. The van der Waals surface area contributed by atoms with Gasteiger partial charge in [-0.2, -0.15) is 4.31 Å². The topological polar surface area (TPSA) is 66.4 Å². The van der Waals surface area contributed by atoms with E-state index in [-0.39, 0.29) is 4.90 Å². The number of aryl methyl sites for hydroxylation is 2.